The summed E-state index contributed by atoms with van der Waals surface area (Å²) in [5, 5.41) is 2.87. The monoisotopic (exact) mass is 383 g/mol. The van der Waals surface area contributed by atoms with E-state index >= 15 is 0 Å². The molecule has 1 amide bonds. The third kappa shape index (κ3) is 5.62. The Morgan fingerprint density at radius 2 is 1.89 bits per heavy atom. The third-order valence-corrected chi connectivity index (χ3v) is 4.91. The number of anilines is 1. The van der Waals surface area contributed by atoms with Gasteiger partial charge in [-0.25, -0.2) is 4.98 Å². The summed E-state index contributed by atoms with van der Waals surface area (Å²) in [7, 11) is 1.59. The van der Waals surface area contributed by atoms with Gasteiger partial charge in [0.05, 0.1) is 7.11 Å². The van der Waals surface area contributed by atoms with Crippen LogP contribution in [-0.2, 0) is 11.3 Å². The summed E-state index contributed by atoms with van der Waals surface area (Å²) >= 11 is 0. The molecule has 1 aromatic carbocycles. The number of benzene rings is 1. The van der Waals surface area contributed by atoms with Crippen molar-refractivity contribution in [3.63, 3.8) is 0 Å². The Morgan fingerprint density at radius 3 is 2.57 bits per heavy atom. The lowest BCUT2D eigenvalue weighted by Gasteiger charge is -2.21. The zero-order chi connectivity index (χ0) is 19.8. The van der Waals surface area contributed by atoms with Crippen molar-refractivity contribution in [3.8, 4) is 11.5 Å². The largest absolute Gasteiger partial charge is 0.493 e. The Balaban J connectivity index is 1.46. The van der Waals surface area contributed by atoms with Gasteiger partial charge in [-0.2, -0.15) is 0 Å². The van der Waals surface area contributed by atoms with Crippen LogP contribution in [0.1, 0.15) is 36.8 Å². The van der Waals surface area contributed by atoms with E-state index in [1.807, 2.05) is 43.5 Å². The molecule has 0 saturated carbocycles. The Kier molecular flexibility index (Phi) is 7.12. The number of aromatic nitrogens is 1. The first-order chi connectivity index (χ1) is 13.7. The van der Waals surface area contributed by atoms with Crippen molar-refractivity contribution >= 4 is 11.7 Å². The molecular weight excluding hydrogens is 354 g/mol. The molecule has 2 heterocycles. The minimum absolute atomic E-state index is 0.0568. The van der Waals surface area contributed by atoms with E-state index in [0.717, 1.165) is 30.0 Å². The minimum Gasteiger partial charge on any atom is -0.493 e. The number of nitrogens with one attached hydrogen (secondary N) is 1. The van der Waals surface area contributed by atoms with Gasteiger partial charge in [-0.15, -0.1) is 0 Å². The van der Waals surface area contributed by atoms with E-state index in [2.05, 4.69) is 15.2 Å². The van der Waals surface area contributed by atoms with Crippen LogP contribution in [0, 0.1) is 6.92 Å². The van der Waals surface area contributed by atoms with Gasteiger partial charge in [-0.05, 0) is 49.1 Å². The smallest absolute Gasteiger partial charge is 0.258 e. The van der Waals surface area contributed by atoms with E-state index in [9.17, 15) is 4.79 Å². The first kappa shape index (κ1) is 20.0. The number of ether oxygens (including phenoxy) is 2. The van der Waals surface area contributed by atoms with Gasteiger partial charge >= 0.3 is 0 Å². The van der Waals surface area contributed by atoms with Gasteiger partial charge in [0.1, 0.15) is 5.82 Å². The molecule has 0 aliphatic carbocycles. The molecule has 1 aromatic heterocycles. The number of rotatable bonds is 7. The first-order valence-electron chi connectivity index (χ1n) is 9.90. The average molecular weight is 383 g/mol. The van der Waals surface area contributed by atoms with Gasteiger partial charge in [-0.1, -0.05) is 25.0 Å². The summed E-state index contributed by atoms with van der Waals surface area (Å²) in [6.07, 6.45) is 6.90. The van der Waals surface area contributed by atoms with Crippen LogP contribution >= 0.6 is 0 Å². The van der Waals surface area contributed by atoms with Crippen molar-refractivity contribution in [3.05, 3.63) is 47.7 Å². The van der Waals surface area contributed by atoms with E-state index < -0.39 is 0 Å². The predicted molar refractivity (Wildman–Crippen MR) is 110 cm³/mol. The second-order valence-electron chi connectivity index (χ2n) is 7.15. The van der Waals surface area contributed by atoms with E-state index in [1.54, 1.807) is 7.11 Å². The topological polar surface area (TPSA) is 63.7 Å². The minimum atomic E-state index is -0.181. The van der Waals surface area contributed by atoms with Crippen molar-refractivity contribution < 1.29 is 14.3 Å². The number of aryl methyl sites for hydroxylation is 1. The van der Waals surface area contributed by atoms with E-state index in [0.29, 0.717) is 18.0 Å². The highest BCUT2D eigenvalue weighted by atomic mass is 16.5. The van der Waals surface area contributed by atoms with Gasteiger partial charge in [0.15, 0.2) is 18.1 Å². The molecule has 2 aromatic rings. The molecule has 6 nitrogen and oxygen atoms in total. The number of hydrogen-bond acceptors (Lipinski definition) is 5. The lowest BCUT2D eigenvalue weighted by molar-refractivity contribution is -0.123. The Hall–Kier alpha value is -2.76. The summed E-state index contributed by atoms with van der Waals surface area (Å²) in [5.41, 5.74) is 2.05. The van der Waals surface area contributed by atoms with Gasteiger partial charge in [0, 0.05) is 25.8 Å². The van der Waals surface area contributed by atoms with Crippen LogP contribution in [0.4, 0.5) is 5.82 Å². The molecule has 6 heteroatoms. The van der Waals surface area contributed by atoms with Crippen LogP contribution in [0.3, 0.4) is 0 Å². The second-order valence-corrected chi connectivity index (χ2v) is 7.15. The number of amides is 1. The van der Waals surface area contributed by atoms with Crippen LogP contribution < -0.4 is 19.7 Å². The molecule has 0 radical (unpaired) electrons. The molecule has 150 valence electrons. The van der Waals surface area contributed by atoms with E-state index in [-0.39, 0.29) is 12.5 Å². The van der Waals surface area contributed by atoms with Crippen LogP contribution in [0.15, 0.2) is 36.5 Å². The highest BCUT2D eigenvalue weighted by molar-refractivity contribution is 5.77. The molecule has 28 heavy (non-hydrogen) atoms. The van der Waals surface area contributed by atoms with Gasteiger partial charge in [0.25, 0.3) is 5.91 Å². The lowest BCUT2D eigenvalue weighted by Crippen LogP contribution is -2.28. The lowest BCUT2D eigenvalue weighted by atomic mass is 10.2. The Bertz CT molecular complexity index is 769. The molecule has 1 N–H and O–H groups in total. The summed E-state index contributed by atoms with van der Waals surface area (Å²) in [4.78, 5) is 19.0. The SMILES string of the molecule is COc1cc(C)ccc1OCC(=O)NCc1ccc(N2CCCCCC2)nc1. The second kappa shape index (κ2) is 9.97. The van der Waals surface area contributed by atoms with Crippen molar-refractivity contribution in [2.24, 2.45) is 0 Å². The first-order valence-corrected chi connectivity index (χ1v) is 9.90. The van der Waals surface area contributed by atoms with Crippen molar-refractivity contribution in [2.45, 2.75) is 39.2 Å². The molecule has 0 atom stereocenters. The summed E-state index contributed by atoms with van der Waals surface area (Å²) in [6, 6.07) is 9.68. The number of nitrogens with zero attached hydrogens (tertiary/aromatic N) is 2. The third-order valence-electron chi connectivity index (χ3n) is 4.91. The van der Waals surface area contributed by atoms with E-state index in [4.69, 9.17) is 9.47 Å². The molecular formula is C22H29N3O3. The Labute approximate surface area is 166 Å². The summed E-state index contributed by atoms with van der Waals surface area (Å²) in [5.74, 6) is 2.03. The van der Waals surface area contributed by atoms with Gasteiger partial charge in [-0.3, -0.25) is 4.79 Å². The molecule has 1 aliphatic rings. The predicted octanol–water partition coefficient (Wildman–Crippen LogP) is 3.47. The van der Waals surface area contributed by atoms with Crippen molar-refractivity contribution in [1.29, 1.82) is 0 Å². The zero-order valence-corrected chi connectivity index (χ0v) is 16.7. The summed E-state index contributed by atoms with van der Waals surface area (Å²) in [6.45, 7) is 4.50. The highest BCUT2D eigenvalue weighted by Gasteiger charge is 2.11. The Morgan fingerprint density at radius 1 is 1.11 bits per heavy atom. The maximum atomic E-state index is 12.1. The molecule has 1 aliphatic heterocycles. The maximum Gasteiger partial charge on any atom is 0.258 e. The normalized spacial score (nSPS) is 14.3. The van der Waals surface area contributed by atoms with Crippen LogP contribution in [0.25, 0.3) is 0 Å². The molecule has 1 fully saturated rings. The van der Waals surface area contributed by atoms with E-state index in [1.165, 1.54) is 25.7 Å². The molecule has 0 bridgehead atoms. The van der Waals surface area contributed by atoms with Crippen LogP contribution in [0.5, 0.6) is 11.5 Å². The summed E-state index contributed by atoms with van der Waals surface area (Å²) < 4.78 is 10.9. The number of carbonyl (C=O) groups excluding carboxylic acids is 1. The number of pyridine rings is 1. The quantitative estimate of drug-likeness (QED) is 0.793. The number of hydrogen-bond donors (Lipinski definition) is 1. The fraction of sp³-hybridized carbons (Fsp3) is 0.455. The number of methoxy groups -OCH3 is 1. The maximum absolute atomic E-state index is 12.1. The molecule has 3 rings (SSSR count). The van der Waals surface area contributed by atoms with Crippen molar-refractivity contribution in [2.75, 3.05) is 31.7 Å². The van der Waals surface area contributed by atoms with Crippen LogP contribution in [-0.4, -0.2) is 37.7 Å². The van der Waals surface area contributed by atoms with Gasteiger partial charge in [0.2, 0.25) is 0 Å². The molecule has 0 unspecified atom stereocenters. The molecule has 1 saturated heterocycles. The van der Waals surface area contributed by atoms with Crippen LogP contribution in [0.2, 0.25) is 0 Å². The number of carbonyl (C=O) groups is 1. The van der Waals surface area contributed by atoms with Crippen molar-refractivity contribution in [1.82, 2.24) is 10.3 Å². The molecule has 0 spiro atoms. The average Bonchev–Trinajstić information content (AvgIpc) is 3.01. The standard InChI is InChI=1S/C22H29N3O3/c1-17-7-9-19(20(13-17)27-2)28-16-22(26)24-15-18-8-10-21(23-14-18)25-11-5-3-4-6-12-25/h7-10,13-14H,3-6,11-12,15-16H2,1-2H3,(H,24,26). The zero-order valence-electron chi connectivity index (χ0n) is 16.7. The fourth-order valence-corrected chi connectivity index (χ4v) is 3.30. The fourth-order valence-electron chi connectivity index (χ4n) is 3.30. The highest BCUT2D eigenvalue weighted by Crippen LogP contribution is 2.27. The van der Waals surface area contributed by atoms with Gasteiger partial charge < -0.3 is 19.7 Å².